The van der Waals surface area contributed by atoms with Gasteiger partial charge in [-0.05, 0) is 43.2 Å². The van der Waals surface area contributed by atoms with Crippen LogP contribution < -0.4 is 10.2 Å². The van der Waals surface area contributed by atoms with Gasteiger partial charge in [0.2, 0.25) is 0 Å². The Labute approximate surface area is 129 Å². The fraction of sp³-hybridized carbons (Fsp3) is 0.684. The van der Waals surface area contributed by atoms with Crippen molar-refractivity contribution in [1.29, 1.82) is 0 Å². The lowest BCUT2D eigenvalue weighted by atomic mass is 9.92. The van der Waals surface area contributed by atoms with Gasteiger partial charge in [0.1, 0.15) is 0 Å². The molecule has 1 fully saturated rings. The van der Waals surface area contributed by atoms with Gasteiger partial charge in [0.05, 0.1) is 0 Å². The minimum absolute atomic E-state index is 0.275. The monoisotopic (exact) mass is 286 g/mol. The zero-order chi connectivity index (χ0) is 14.7. The van der Waals surface area contributed by atoms with Gasteiger partial charge < -0.3 is 10.2 Å². The Kier molecular flexibility index (Phi) is 4.54. The molecule has 116 valence electrons. The molecule has 1 aromatic carbocycles. The lowest BCUT2D eigenvalue weighted by molar-refractivity contribution is 0.303. The maximum Gasteiger partial charge on any atom is 0.0412 e. The second kappa shape index (κ2) is 6.39. The van der Waals surface area contributed by atoms with Gasteiger partial charge in [-0.3, -0.25) is 0 Å². The standard InChI is InChI=1S/C19H30N2/c1-3-19(4-2)15-21(14-16-9-5-6-10-16)18-12-8-7-11-17(18)13-20-19/h7-8,11-12,16,20H,3-6,9-10,13-15H2,1-2H3. The number of anilines is 1. The molecule has 0 aromatic heterocycles. The molecule has 0 radical (unpaired) electrons. The van der Waals surface area contributed by atoms with Gasteiger partial charge in [-0.2, -0.15) is 0 Å². The highest BCUT2D eigenvalue weighted by molar-refractivity contribution is 5.55. The van der Waals surface area contributed by atoms with Gasteiger partial charge in [0.15, 0.2) is 0 Å². The molecule has 0 unspecified atom stereocenters. The predicted octanol–water partition coefficient (Wildman–Crippen LogP) is 4.35. The van der Waals surface area contributed by atoms with Crippen LogP contribution in [0.4, 0.5) is 5.69 Å². The Morgan fingerprint density at radius 1 is 1.14 bits per heavy atom. The van der Waals surface area contributed by atoms with Crippen LogP contribution in [0.25, 0.3) is 0 Å². The third-order valence-electron chi connectivity index (χ3n) is 5.79. The zero-order valence-electron chi connectivity index (χ0n) is 13.7. The lowest BCUT2D eigenvalue weighted by Crippen LogP contribution is -2.51. The molecule has 1 aromatic rings. The molecule has 2 aliphatic rings. The third kappa shape index (κ3) is 3.11. The van der Waals surface area contributed by atoms with Crippen LogP contribution in [0.3, 0.4) is 0 Å². The van der Waals surface area contributed by atoms with Gasteiger partial charge in [-0.1, -0.05) is 44.9 Å². The summed E-state index contributed by atoms with van der Waals surface area (Å²) < 4.78 is 0. The number of nitrogens with zero attached hydrogens (tertiary/aromatic N) is 1. The first-order chi connectivity index (χ1) is 10.3. The molecule has 1 heterocycles. The summed E-state index contributed by atoms with van der Waals surface area (Å²) in [7, 11) is 0. The van der Waals surface area contributed by atoms with E-state index in [4.69, 9.17) is 0 Å². The van der Waals surface area contributed by atoms with E-state index in [1.54, 1.807) is 0 Å². The predicted molar refractivity (Wildman–Crippen MR) is 90.8 cm³/mol. The van der Waals surface area contributed by atoms with Crippen LogP contribution >= 0.6 is 0 Å². The first-order valence-electron chi connectivity index (χ1n) is 8.84. The highest BCUT2D eigenvalue weighted by Gasteiger charge is 2.33. The summed E-state index contributed by atoms with van der Waals surface area (Å²) >= 11 is 0. The number of para-hydroxylation sites is 1. The Bertz CT molecular complexity index is 458. The van der Waals surface area contributed by atoms with Crippen molar-refractivity contribution in [2.75, 3.05) is 18.0 Å². The van der Waals surface area contributed by atoms with Crippen molar-refractivity contribution in [2.45, 2.75) is 64.5 Å². The Morgan fingerprint density at radius 3 is 2.57 bits per heavy atom. The van der Waals surface area contributed by atoms with Crippen molar-refractivity contribution in [3.8, 4) is 0 Å². The topological polar surface area (TPSA) is 15.3 Å². The third-order valence-corrected chi connectivity index (χ3v) is 5.79. The molecule has 2 heteroatoms. The summed E-state index contributed by atoms with van der Waals surface area (Å²) in [4.78, 5) is 2.69. The van der Waals surface area contributed by atoms with Crippen LogP contribution in [0.15, 0.2) is 24.3 Å². The summed E-state index contributed by atoms with van der Waals surface area (Å²) in [5.74, 6) is 0.905. The van der Waals surface area contributed by atoms with Crippen molar-refractivity contribution < 1.29 is 0 Å². The molecule has 0 spiro atoms. The molecule has 1 aliphatic heterocycles. The number of rotatable bonds is 4. The van der Waals surface area contributed by atoms with E-state index >= 15 is 0 Å². The highest BCUT2D eigenvalue weighted by atomic mass is 15.2. The summed E-state index contributed by atoms with van der Waals surface area (Å²) in [5, 5.41) is 3.86. The van der Waals surface area contributed by atoms with Crippen molar-refractivity contribution in [3.63, 3.8) is 0 Å². The van der Waals surface area contributed by atoms with E-state index < -0.39 is 0 Å². The minimum atomic E-state index is 0.275. The molecule has 0 amide bonds. The van der Waals surface area contributed by atoms with Gasteiger partial charge in [0.25, 0.3) is 0 Å². The SMILES string of the molecule is CCC1(CC)CN(CC2CCCC2)c2ccccc2CN1. The molecular formula is C19H30N2. The second-order valence-electron chi connectivity index (χ2n) is 7.00. The number of fused-ring (bicyclic) bond motifs is 1. The maximum absolute atomic E-state index is 3.86. The first-order valence-corrected chi connectivity index (χ1v) is 8.84. The summed E-state index contributed by atoms with van der Waals surface area (Å²) in [5.41, 5.74) is 3.22. The Balaban J connectivity index is 1.87. The largest absolute Gasteiger partial charge is 0.369 e. The molecule has 0 saturated heterocycles. The molecule has 0 bridgehead atoms. The van der Waals surface area contributed by atoms with Gasteiger partial charge >= 0.3 is 0 Å². The Morgan fingerprint density at radius 2 is 1.86 bits per heavy atom. The van der Waals surface area contributed by atoms with Crippen LogP contribution in [0.5, 0.6) is 0 Å². The van der Waals surface area contributed by atoms with E-state index in [9.17, 15) is 0 Å². The average molecular weight is 286 g/mol. The molecule has 3 rings (SSSR count). The van der Waals surface area contributed by atoms with E-state index in [0.29, 0.717) is 0 Å². The Hall–Kier alpha value is -1.02. The first kappa shape index (κ1) is 14.9. The molecule has 21 heavy (non-hydrogen) atoms. The number of hydrogen-bond donors (Lipinski definition) is 1. The number of nitrogens with one attached hydrogen (secondary N) is 1. The van der Waals surface area contributed by atoms with E-state index in [-0.39, 0.29) is 5.54 Å². The van der Waals surface area contributed by atoms with E-state index in [2.05, 4.69) is 48.3 Å². The molecule has 0 atom stereocenters. The zero-order valence-corrected chi connectivity index (χ0v) is 13.7. The average Bonchev–Trinajstić information content (AvgIpc) is 2.98. The lowest BCUT2D eigenvalue weighted by Gasteiger charge is -2.37. The second-order valence-corrected chi connectivity index (χ2v) is 7.00. The fourth-order valence-corrected chi connectivity index (χ4v) is 4.15. The van der Waals surface area contributed by atoms with Crippen LogP contribution in [0.2, 0.25) is 0 Å². The van der Waals surface area contributed by atoms with Crippen molar-refractivity contribution in [2.24, 2.45) is 5.92 Å². The van der Waals surface area contributed by atoms with Crippen LogP contribution in [0.1, 0.15) is 57.9 Å². The van der Waals surface area contributed by atoms with Crippen LogP contribution in [-0.2, 0) is 6.54 Å². The van der Waals surface area contributed by atoms with Crippen LogP contribution in [0, 0.1) is 5.92 Å². The minimum Gasteiger partial charge on any atom is -0.369 e. The molecule has 1 saturated carbocycles. The molecular weight excluding hydrogens is 256 g/mol. The fourth-order valence-electron chi connectivity index (χ4n) is 4.15. The van der Waals surface area contributed by atoms with Crippen molar-refractivity contribution in [1.82, 2.24) is 5.32 Å². The smallest absolute Gasteiger partial charge is 0.0412 e. The summed E-state index contributed by atoms with van der Waals surface area (Å²) in [6, 6.07) is 9.00. The van der Waals surface area contributed by atoms with Gasteiger partial charge in [-0.15, -0.1) is 0 Å². The normalized spacial score (nSPS) is 22.1. The van der Waals surface area contributed by atoms with Gasteiger partial charge in [0, 0.05) is 30.9 Å². The summed E-state index contributed by atoms with van der Waals surface area (Å²) in [6.45, 7) is 8.09. The number of hydrogen-bond acceptors (Lipinski definition) is 2. The van der Waals surface area contributed by atoms with Crippen molar-refractivity contribution in [3.05, 3.63) is 29.8 Å². The number of benzene rings is 1. The van der Waals surface area contributed by atoms with E-state index in [1.807, 2.05) is 0 Å². The van der Waals surface area contributed by atoms with Crippen LogP contribution in [-0.4, -0.2) is 18.6 Å². The summed E-state index contributed by atoms with van der Waals surface area (Å²) in [6.07, 6.45) is 8.14. The molecule has 1 N–H and O–H groups in total. The van der Waals surface area contributed by atoms with Crippen molar-refractivity contribution >= 4 is 5.69 Å². The molecule has 2 nitrogen and oxygen atoms in total. The van der Waals surface area contributed by atoms with E-state index in [0.717, 1.165) is 19.0 Å². The maximum atomic E-state index is 3.86. The molecule has 1 aliphatic carbocycles. The van der Waals surface area contributed by atoms with Gasteiger partial charge in [-0.25, -0.2) is 0 Å². The highest BCUT2D eigenvalue weighted by Crippen LogP contribution is 2.33. The quantitative estimate of drug-likeness (QED) is 0.885. The van der Waals surface area contributed by atoms with E-state index in [1.165, 1.54) is 56.3 Å².